The molecule has 4 rings (SSSR count). The van der Waals surface area contributed by atoms with Crippen LogP contribution in [0.15, 0.2) is 59.1 Å². The quantitative estimate of drug-likeness (QED) is 0.556. The summed E-state index contributed by atoms with van der Waals surface area (Å²) in [5.41, 5.74) is 0.441. The summed E-state index contributed by atoms with van der Waals surface area (Å²) in [6.45, 7) is 1.96. The first-order valence-electron chi connectivity index (χ1n) is 10.2. The van der Waals surface area contributed by atoms with Gasteiger partial charge in [-0.15, -0.1) is 0 Å². The molecule has 31 heavy (non-hydrogen) atoms. The monoisotopic (exact) mass is 420 g/mol. The van der Waals surface area contributed by atoms with Gasteiger partial charge in [0.05, 0.1) is 7.11 Å². The molecule has 3 aromatic rings. The maximum absolute atomic E-state index is 13.4. The highest BCUT2D eigenvalue weighted by molar-refractivity contribution is 6.07. The van der Waals surface area contributed by atoms with Crippen molar-refractivity contribution in [2.45, 2.75) is 38.3 Å². The number of methoxy groups -OCH3 is 1. The zero-order valence-corrected chi connectivity index (χ0v) is 17.5. The lowest BCUT2D eigenvalue weighted by atomic mass is 9.85. The van der Waals surface area contributed by atoms with E-state index in [0.717, 1.165) is 34.6 Å². The van der Waals surface area contributed by atoms with Crippen LogP contribution in [0.4, 0.5) is 4.79 Å². The Morgan fingerprint density at radius 1 is 1.10 bits per heavy atom. The number of nitrogens with zero attached hydrogens (tertiary/aromatic N) is 3. The Bertz CT molecular complexity index is 1060. The van der Waals surface area contributed by atoms with Crippen LogP contribution in [0.5, 0.6) is 5.75 Å². The summed E-state index contributed by atoms with van der Waals surface area (Å²) in [5.74, 6) is 0.983. The Balaban J connectivity index is 1.57. The second-order valence-electron chi connectivity index (χ2n) is 7.44. The van der Waals surface area contributed by atoms with Crippen molar-refractivity contribution in [2.24, 2.45) is 0 Å². The van der Waals surface area contributed by atoms with Crippen LogP contribution in [0.25, 0.3) is 11.4 Å². The third kappa shape index (κ3) is 3.88. The number of hydrogen-bond acceptors (Lipinski definition) is 6. The summed E-state index contributed by atoms with van der Waals surface area (Å²) in [5, 5.41) is 6.91. The van der Waals surface area contributed by atoms with E-state index in [0.29, 0.717) is 12.2 Å². The molecule has 3 amide bonds. The third-order valence-corrected chi connectivity index (χ3v) is 5.46. The highest BCUT2D eigenvalue weighted by Crippen LogP contribution is 2.35. The van der Waals surface area contributed by atoms with Crippen molar-refractivity contribution in [2.75, 3.05) is 7.11 Å². The van der Waals surface area contributed by atoms with Crippen LogP contribution in [0.1, 0.15) is 37.6 Å². The van der Waals surface area contributed by atoms with Crippen molar-refractivity contribution in [1.29, 1.82) is 0 Å². The van der Waals surface area contributed by atoms with Crippen molar-refractivity contribution < 1.29 is 18.8 Å². The maximum Gasteiger partial charge on any atom is 0.325 e. The van der Waals surface area contributed by atoms with Gasteiger partial charge in [-0.3, -0.25) is 9.69 Å². The summed E-state index contributed by atoms with van der Waals surface area (Å²) in [4.78, 5) is 31.7. The maximum atomic E-state index is 13.4. The van der Waals surface area contributed by atoms with Crippen molar-refractivity contribution in [3.8, 4) is 17.1 Å². The number of nitrogens with one attached hydrogen (secondary N) is 1. The molecule has 0 saturated carbocycles. The molecule has 0 aliphatic carbocycles. The number of amides is 3. The second-order valence-corrected chi connectivity index (χ2v) is 7.44. The summed E-state index contributed by atoms with van der Waals surface area (Å²) in [6.07, 6.45) is 2.24. The highest BCUT2D eigenvalue weighted by Gasteiger charge is 2.52. The van der Waals surface area contributed by atoms with Crippen LogP contribution in [0.2, 0.25) is 0 Å². The Morgan fingerprint density at radius 3 is 2.52 bits per heavy atom. The van der Waals surface area contributed by atoms with E-state index in [1.54, 1.807) is 19.2 Å². The summed E-state index contributed by atoms with van der Waals surface area (Å²) < 4.78 is 10.5. The van der Waals surface area contributed by atoms with Crippen molar-refractivity contribution >= 4 is 11.9 Å². The molecule has 1 atom stereocenters. The zero-order valence-electron chi connectivity index (χ0n) is 17.5. The van der Waals surface area contributed by atoms with Gasteiger partial charge in [0.15, 0.2) is 0 Å². The number of hydrogen-bond donors (Lipinski definition) is 1. The fraction of sp³-hybridized carbons (Fsp3) is 0.304. The fourth-order valence-electron chi connectivity index (χ4n) is 3.76. The highest BCUT2D eigenvalue weighted by atomic mass is 16.5. The number of aromatic nitrogens is 2. The number of carbonyl (C=O) groups is 2. The molecule has 2 heterocycles. The lowest BCUT2D eigenvalue weighted by Gasteiger charge is -2.27. The van der Waals surface area contributed by atoms with E-state index in [2.05, 4.69) is 22.4 Å². The molecule has 1 aromatic heterocycles. The lowest BCUT2D eigenvalue weighted by Crippen LogP contribution is -2.44. The molecule has 8 heteroatoms. The second kappa shape index (κ2) is 8.59. The predicted molar refractivity (Wildman–Crippen MR) is 113 cm³/mol. The summed E-state index contributed by atoms with van der Waals surface area (Å²) in [7, 11) is 1.59. The van der Waals surface area contributed by atoms with E-state index >= 15 is 0 Å². The largest absolute Gasteiger partial charge is 0.497 e. The van der Waals surface area contributed by atoms with E-state index < -0.39 is 11.6 Å². The number of imide groups is 1. The smallest absolute Gasteiger partial charge is 0.325 e. The Hall–Kier alpha value is -3.68. The normalized spacial score (nSPS) is 18.3. The van der Waals surface area contributed by atoms with Gasteiger partial charge in [-0.1, -0.05) is 55.3 Å². The molecular formula is C23H24N4O4. The number of unbranched alkanes of at least 4 members (excludes halogenated alkanes) is 1. The SMILES string of the molecule is CCCCC1(c2ccccc2)NC(=O)N(Cc2nc(-c3ccc(OC)cc3)no2)C1=O. The van der Waals surface area contributed by atoms with E-state index in [1.165, 1.54) is 0 Å². The van der Waals surface area contributed by atoms with Gasteiger partial charge in [-0.25, -0.2) is 4.79 Å². The minimum absolute atomic E-state index is 0.0888. The average molecular weight is 420 g/mol. The Labute approximate surface area is 180 Å². The van der Waals surface area contributed by atoms with Crippen molar-refractivity contribution in [3.63, 3.8) is 0 Å². The van der Waals surface area contributed by atoms with E-state index in [4.69, 9.17) is 9.26 Å². The molecule has 1 aliphatic rings. The zero-order chi connectivity index (χ0) is 21.8. The molecule has 1 unspecified atom stereocenters. The Kier molecular flexibility index (Phi) is 5.70. The number of carbonyl (C=O) groups excluding carboxylic acids is 2. The number of ether oxygens (including phenoxy) is 1. The molecule has 1 fully saturated rings. The van der Waals surface area contributed by atoms with Crippen molar-refractivity contribution in [1.82, 2.24) is 20.4 Å². The van der Waals surface area contributed by atoms with Crippen molar-refractivity contribution in [3.05, 3.63) is 66.1 Å². The number of urea groups is 1. The fourth-order valence-corrected chi connectivity index (χ4v) is 3.76. The van der Waals surface area contributed by atoms with Gasteiger partial charge in [0.25, 0.3) is 5.91 Å². The van der Waals surface area contributed by atoms with Crippen LogP contribution in [-0.2, 0) is 16.9 Å². The van der Waals surface area contributed by atoms with E-state index in [-0.39, 0.29) is 18.3 Å². The van der Waals surface area contributed by atoms with E-state index in [1.807, 2.05) is 42.5 Å². The molecule has 2 aromatic carbocycles. The molecular weight excluding hydrogens is 396 g/mol. The van der Waals surface area contributed by atoms with E-state index in [9.17, 15) is 9.59 Å². The third-order valence-electron chi connectivity index (χ3n) is 5.46. The van der Waals surface area contributed by atoms with Gasteiger partial charge in [0, 0.05) is 5.56 Å². The number of benzene rings is 2. The first-order valence-corrected chi connectivity index (χ1v) is 10.2. The standard InChI is InChI=1S/C23H24N4O4/c1-3-4-14-23(17-8-6-5-7-9-17)21(28)27(22(29)25-23)15-19-24-20(26-31-19)16-10-12-18(30-2)13-11-16/h5-13H,3-4,14-15H2,1-2H3,(H,25,29). The number of rotatable bonds is 8. The van der Waals surface area contributed by atoms with Gasteiger partial charge in [0.2, 0.25) is 11.7 Å². The molecule has 0 radical (unpaired) electrons. The summed E-state index contributed by atoms with van der Waals surface area (Å²) >= 11 is 0. The van der Waals surface area contributed by atoms with Crippen LogP contribution in [0.3, 0.4) is 0 Å². The summed E-state index contributed by atoms with van der Waals surface area (Å²) in [6, 6.07) is 16.1. The Morgan fingerprint density at radius 2 is 1.84 bits per heavy atom. The molecule has 8 nitrogen and oxygen atoms in total. The first-order chi connectivity index (χ1) is 15.1. The molecule has 1 N–H and O–H groups in total. The molecule has 1 aliphatic heterocycles. The van der Waals surface area contributed by atoms with Gasteiger partial charge in [0.1, 0.15) is 17.8 Å². The van der Waals surface area contributed by atoms with Crippen LogP contribution in [0, 0.1) is 0 Å². The molecule has 1 saturated heterocycles. The van der Waals surface area contributed by atoms with Gasteiger partial charge < -0.3 is 14.6 Å². The minimum atomic E-state index is -1.08. The van der Waals surface area contributed by atoms with Crippen LogP contribution < -0.4 is 10.1 Å². The van der Waals surface area contributed by atoms with Gasteiger partial charge in [-0.05, 0) is 36.2 Å². The van der Waals surface area contributed by atoms with Gasteiger partial charge in [-0.2, -0.15) is 4.98 Å². The van der Waals surface area contributed by atoms with Gasteiger partial charge >= 0.3 is 6.03 Å². The predicted octanol–water partition coefficient (Wildman–Crippen LogP) is 3.88. The lowest BCUT2D eigenvalue weighted by molar-refractivity contribution is -0.132. The van der Waals surface area contributed by atoms with Crippen LogP contribution in [-0.4, -0.2) is 34.1 Å². The average Bonchev–Trinajstić information content (AvgIpc) is 3.37. The van der Waals surface area contributed by atoms with Crippen LogP contribution >= 0.6 is 0 Å². The minimum Gasteiger partial charge on any atom is -0.497 e. The molecule has 0 spiro atoms. The molecule has 0 bridgehead atoms. The molecule has 160 valence electrons. The topological polar surface area (TPSA) is 97.6 Å². The first kappa shape index (κ1) is 20.6.